The van der Waals surface area contributed by atoms with Gasteiger partial charge >= 0.3 is 0 Å². The van der Waals surface area contributed by atoms with Crippen LogP contribution in [0.1, 0.15) is 23.0 Å². The Morgan fingerprint density at radius 3 is 2.87 bits per heavy atom. The zero-order valence-electron chi connectivity index (χ0n) is 8.53. The van der Waals surface area contributed by atoms with Gasteiger partial charge in [-0.15, -0.1) is 0 Å². The molecule has 3 nitrogen and oxygen atoms in total. The van der Waals surface area contributed by atoms with Gasteiger partial charge in [0.15, 0.2) is 6.29 Å². The highest BCUT2D eigenvalue weighted by Crippen LogP contribution is 2.19. The van der Waals surface area contributed by atoms with E-state index in [-0.39, 0.29) is 0 Å². The van der Waals surface area contributed by atoms with Crippen molar-refractivity contribution < 1.29 is 4.79 Å². The van der Waals surface area contributed by atoms with Crippen molar-refractivity contribution in [3.8, 4) is 0 Å². The molecule has 0 saturated heterocycles. The van der Waals surface area contributed by atoms with E-state index >= 15 is 0 Å². The minimum Gasteiger partial charge on any atom is -0.397 e. The SMILES string of the molecule is CCc1ccc2cc(N)c(C=O)nc2c1. The van der Waals surface area contributed by atoms with Crippen LogP contribution in [0.25, 0.3) is 10.9 Å². The Kier molecular flexibility index (Phi) is 2.37. The number of pyridine rings is 1. The van der Waals surface area contributed by atoms with Crippen LogP contribution >= 0.6 is 0 Å². The third-order valence-corrected chi connectivity index (χ3v) is 2.46. The molecule has 0 aliphatic carbocycles. The van der Waals surface area contributed by atoms with E-state index < -0.39 is 0 Å². The predicted octanol–water partition coefficient (Wildman–Crippen LogP) is 2.19. The van der Waals surface area contributed by atoms with Gasteiger partial charge in [0.2, 0.25) is 0 Å². The van der Waals surface area contributed by atoms with Gasteiger partial charge in [-0.05, 0) is 24.1 Å². The second-order valence-electron chi connectivity index (χ2n) is 3.46. The van der Waals surface area contributed by atoms with Crippen molar-refractivity contribution >= 4 is 22.9 Å². The molecule has 0 aliphatic heterocycles. The molecule has 1 heterocycles. The molecule has 2 rings (SSSR count). The van der Waals surface area contributed by atoms with Crippen LogP contribution in [-0.2, 0) is 6.42 Å². The monoisotopic (exact) mass is 200 g/mol. The fourth-order valence-corrected chi connectivity index (χ4v) is 1.56. The highest BCUT2D eigenvalue weighted by atomic mass is 16.1. The third-order valence-electron chi connectivity index (χ3n) is 2.46. The molecule has 0 atom stereocenters. The van der Waals surface area contributed by atoms with E-state index in [2.05, 4.69) is 11.9 Å². The molecule has 1 aromatic carbocycles. The van der Waals surface area contributed by atoms with Crippen LogP contribution in [0.5, 0.6) is 0 Å². The first-order valence-electron chi connectivity index (χ1n) is 4.89. The summed E-state index contributed by atoms with van der Waals surface area (Å²) in [6, 6.07) is 7.80. The fourth-order valence-electron chi connectivity index (χ4n) is 1.56. The second-order valence-corrected chi connectivity index (χ2v) is 3.46. The van der Waals surface area contributed by atoms with Gasteiger partial charge in [-0.3, -0.25) is 4.79 Å². The van der Waals surface area contributed by atoms with Gasteiger partial charge in [0.05, 0.1) is 11.2 Å². The summed E-state index contributed by atoms with van der Waals surface area (Å²) in [5, 5.41) is 0.968. The molecule has 0 bridgehead atoms. The number of nitrogens with two attached hydrogens (primary N) is 1. The number of carbonyl (C=O) groups excluding carboxylic acids is 1. The van der Waals surface area contributed by atoms with E-state index in [0.717, 1.165) is 17.3 Å². The number of aldehydes is 1. The Balaban J connectivity index is 2.71. The number of aryl methyl sites for hydroxylation is 1. The lowest BCUT2D eigenvalue weighted by Gasteiger charge is -2.03. The minimum absolute atomic E-state index is 0.316. The molecule has 0 amide bonds. The van der Waals surface area contributed by atoms with E-state index in [4.69, 9.17) is 5.73 Å². The van der Waals surface area contributed by atoms with E-state index in [0.29, 0.717) is 17.7 Å². The maximum atomic E-state index is 10.7. The van der Waals surface area contributed by atoms with Gasteiger partial charge in [-0.2, -0.15) is 0 Å². The first-order valence-corrected chi connectivity index (χ1v) is 4.89. The second kappa shape index (κ2) is 3.69. The number of fused-ring (bicyclic) bond motifs is 1. The standard InChI is InChI=1S/C12H12N2O/c1-2-8-3-4-9-6-10(13)12(7-15)14-11(9)5-8/h3-7H,2,13H2,1H3. The van der Waals surface area contributed by atoms with Crippen molar-refractivity contribution in [2.45, 2.75) is 13.3 Å². The predicted molar refractivity (Wildman–Crippen MR) is 60.9 cm³/mol. The molecule has 1 aromatic heterocycles. The van der Waals surface area contributed by atoms with Crippen LogP contribution in [0.3, 0.4) is 0 Å². The molecular formula is C12H12N2O. The summed E-state index contributed by atoms with van der Waals surface area (Å²) >= 11 is 0. The van der Waals surface area contributed by atoms with Crippen molar-refractivity contribution in [3.63, 3.8) is 0 Å². The Labute approximate surface area is 87.9 Å². The molecule has 0 unspecified atom stereocenters. The number of carbonyl (C=O) groups is 1. The van der Waals surface area contributed by atoms with E-state index in [9.17, 15) is 4.79 Å². The number of hydrogen-bond donors (Lipinski definition) is 1. The zero-order valence-corrected chi connectivity index (χ0v) is 8.53. The van der Waals surface area contributed by atoms with E-state index in [1.54, 1.807) is 6.07 Å². The number of rotatable bonds is 2. The summed E-state index contributed by atoms with van der Waals surface area (Å²) < 4.78 is 0. The van der Waals surface area contributed by atoms with Crippen molar-refractivity contribution in [3.05, 3.63) is 35.5 Å². The lowest BCUT2D eigenvalue weighted by Crippen LogP contribution is -1.97. The quantitative estimate of drug-likeness (QED) is 0.756. The molecule has 0 aliphatic rings. The van der Waals surface area contributed by atoms with Gasteiger partial charge in [-0.25, -0.2) is 4.98 Å². The smallest absolute Gasteiger partial charge is 0.170 e. The molecule has 15 heavy (non-hydrogen) atoms. The largest absolute Gasteiger partial charge is 0.397 e. The van der Waals surface area contributed by atoms with Crippen molar-refractivity contribution in [2.75, 3.05) is 5.73 Å². The van der Waals surface area contributed by atoms with Crippen molar-refractivity contribution in [1.82, 2.24) is 4.98 Å². The number of nitrogen functional groups attached to an aromatic ring is 1. The fraction of sp³-hybridized carbons (Fsp3) is 0.167. The van der Waals surface area contributed by atoms with E-state index in [1.807, 2.05) is 18.2 Å². The highest BCUT2D eigenvalue weighted by Gasteiger charge is 2.03. The Bertz CT molecular complexity index is 520. The van der Waals surface area contributed by atoms with Crippen LogP contribution in [0.4, 0.5) is 5.69 Å². The van der Waals surface area contributed by atoms with Gasteiger partial charge in [0.25, 0.3) is 0 Å². The summed E-state index contributed by atoms with van der Waals surface area (Å²) in [5.41, 5.74) is 8.45. The average Bonchev–Trinajstić information content (AvgIpc) is 2.27. The van der Waals surface area contributed by atoms with E-state index in [1.165, 1.54) is 5.56 Å². The van der Waals surface area contributed by atoms with Crippen molar-refractivity contribution in [2.24, 2.45) is 0 Å². The molecule has 2 aromatic rings. The molecule has 2 N–H and O–H groups in total. The maximum Gasteiger partial charge on any atom is 0.170 e. The Morgan fingerprint density at radius 2 is 2.20 bits per heavy atom. The number of nitrogens with zero attached hydrogens (tertiary/aromatic N) is 1. The Hall–Kier alpha value is -1.90. The normalized spacial score (nSPS) is 10.5. The first-order chi connectivity index (χ1) is 7.24. The molecule has 0 spiro atoms. The van der Waals surface area contributed by atoms with Crippen LogP contribution < -0.4 is 5.73 Å². The van der Waals surface area contributed by atoms with Gasteiger partial charge in [0.1, 0.15) is 5.69 Å². The number of hydrogen-bond acceptors (Lipinski definition) is 3. The minimum atomic E-state index is 0.316. The number of aromatic nitrogens is 1. The molecule has 3 heteroatoms. The summed E-state index contributed by atoms with van der Waals surface area (Å²) in [5.74, 6) is 0. The first kappa shape index (κ1) is 9.65. The van der Waals surface area contributed by atoms with Gasteiger partial charge in [-0.1, -0.05) is 19.1 Å². The molecule has 0 radical (unpaired) electrons. The summed E-state index contributed by atoms with van der Waals surface area (Å²) in [6.45, 7) is 2.08. The zero-order chi connectivity index (χ0) is 10.8. The van der Waals surface area contributed by atoms with Crippen molar-refractivity contribution in [1.29, 1.82) is 0 Å². The van der Waals surface area contributed by atoms with Gasteiger partial charge < -0.3 is 5.73 Å². The molecule has 76 valence electrons. The lowest BCUT2D eigenvalue weighted by molar-refractivity contribution is 0.112. The van der Waals surface area contributed by atoms with Crippen LogP contribution in [0, 0.1) is 0 Å². The number of benzene rings is 1. The summed E-state index contributed by atoms with van der Waals surface area (Å²) in [7, 11) is 0. The van der Waals surface area contributed by atoms with Crippen LogP contribution in [0.2, 0.25) is 0 Å². The third kappa shape index (κ3) is 1.68. The number of anilines is 1. The maximum absolute atomic E-state index is 10.7. The average molecular weight is 200 g/mol. The molecule has 0 saturated carbocycles. The lowest BCUT2D eigenvalue weighted by atomic mass is 10.1. The van der Waals surface area contributed by atoms with Crippen LogP contribution in [0.15, 0.2) is 24.3 Å². The van der Waals surface area contributed by atoms with Crippen LogP contribution in [-0.4, -0.2) is 11.3 Å². The topological polar surface area (TPSA) is 56.0 Å². The molecular weight excluding hydrogens is 188 g/mol. The molecule has 0 fully saturated rings. The summed E-state index contributed by atoms with van der Waals surface area (Å²) in [4.78, 5) is 14.9. The van der Waals surface area contributed by atoms with Gasteiger partial charge in [0, 0.05) is 5.39 Å². The Morgan fingerprint density at radius 1 is 1.40 bits per heavy atom. The highest BCUT2D eigenvalue weighted by molar-refractivity contribution is 5.90. The summed E-state index contributed by atoms with van der Waals surface area (Å²) in [6.07, 6.45) is 1.64.